The highest BCUT2D eigenvalue weighted by molar-refractivity contribution is 5.53. The van der Waals surface area contributed by atoms with Crippen LogP contribution in [0.5, 0.6) is 0 Å². The zero-order chi connectivity index (χ0) is 14.4. The molecule has 3 heteroatoms. The van der Waals surface area contributed by atoms with E-state index in [0.29, 0.717) is 0 Å². The first-order chi connectivity index (χ1) is 9.72. The van der Waals surface area contributed by atoms with Gasteiger partial charge in [0, 0.05) is 24.5 Å². The molecule has 0 saturated carbocycles. The van der Waals surface area contributed by atoms with Crippen molar-refractivity contribution in [2.75, 3.05) is 17.2 Å². The first kappa shape index (κ1) is 14.4. The van der Waals surface area contributed by atoms with Crippen LogP contribution in [0.15, 0.2) is 48.5 Å². The van der Waals surface area contributed by atoms with Gasteiger partial charge in [-0.1, -0.05) is 31.2 Å². The van der Waals surface area contributed by atoms with E-state index < -0.39 is 0 Å². The van der Waals surface area contributed by atoms with Crippen molar-refractivity contribution in [1.82, 2.24) is 0 Å². The molecule has 0 heterocycles. The molecule has 0 saturated heterocycles. The highest BCUT2D eigenvalue weighted by atomic mass is 16.3. The molecule has 0 fully saturated rings. The lowest BCUT2D eigenvalue weighted by Gasteiger charge is -2.24. The number of aliphatic hydroxyl groups excluding tert-OH is 1. The first-order valence-corrected chi connectivity index (χ1v) is 7.02. The van der Waals surface area contributed by atoms with E-state index in [2.05, 4.69) is 36.1 Å². The number of benzene rings is 2. The Morgan fingerprint density at radius 3 is 2.10 bits per heavy atom. The molecular weight excluding hydrogens is 248 g/mol. The highest BCUT2D eigenvalue weighted by Crippen LogP contribution is 2.19. The summed E-state index contributed by atoms with van der Waals surface area (Å²) in [5.41, 5.74) is 9.91. The summed E-state index contributed by atoms with van der Waals surface area (Å²) < 4.78 is 0. The summed E-state index contributed by atoms with van der Waals surface area (Å²) in [5.74, 6) is 0. The molecule has 0 radical (unpaired) electrons. The van der Waals surface area contributed by atoms with Crippen molar-refractivity contribution in [2.45, 2.75) is 26.5 Å². The molecule has 3 N–H and O–H groups in total. The van der Waals surface area contributed by atoms with Crippen molar-refractivity contribution in [2.24, 2.45) is 0 Å². The number of anilines is 2. The molecule has 0 aliphatic heterocycles. The minimum Gasteiger partial charge on any atom is -0.399 e. The molecule has 106 valence electrons. The first-order valence-electron chi connectivity index (χ1n) is 7.02. The van der Waals surface area contributed by atoms with Gasteiger partial charge in [-0.2, -0.15) is 0 Å². The van der Waals surface area contributed by atoms with Gasteiger partial charge in [0.05, 0.1) is 6.61 Å². The molecule has 0 spiro atoms. The number of rotatable bonds is 6. The average molecular weight is 270 g/mol. The van der Waals surface area contributed by atoms with E-state index in [0.717, 1.165) is 30.8 Å². The fraction of sp³-hybridized carbons (Fsp3) is 0.294. The fourth-order valence-electron chi connectivity index (χ4n) is 2.22. The molecule has 0 aromatic heterocycles. The van der Waals surface area contributed by atoms with E-state index in [4.69, 9.17) is 10.8 Å². The Hall–Kier alpha value is -2.00. The molecule has 0 bridgehead atoms. The van der Waals surface area contributed by atoms with Crippen LogP contribution in [-0.2, 0) is 13.2 Å². The van der Waals surface area contributed by atoms with Gasteiger partial charge in [0.15, 0.2) is 0 Å². The van der Waals surface area contributed by atoms with Crippen molar-refractivity contribution < 1.29 is 5.11 Å². The quantitative estimate of drug-likeness (QED) is 0.793. The van der Waals surface area contributed by atoms with Crippen molar-refractivity contribution in [3.8, 4) is 0 Å². The molecule has 2 aromatic rings. The summed E-state index contributed by atoms with van der Waals surface area (Å²) in [4.78, 5) is 2.34. The molecule has 0 aliphatic rings. The Labute approximate surface area is 120 Å². The lowest BCUT2D eigenvalue weighted by molar-refractivity contribution is 0.282. The molecule has 20 heavy (non-hydrogen) atoms. The zero-order valence-electron chi connectivity index (χ0n) is 11.9. The van der Waals surface area contributed by atoms with E-state index in [-0.39, 0.29) is 6.61 Å². The molecule has 0 unspecified atom stereocenters. The Bertz CT molecular complexity index is 520. The van der Waals surface area contributed by atoms with Crippen LogP contribution in [0.25, 0.3) is 0 Å². The maximum Gasteiger partial charge on any atom is 0.0681 e. The van der Waals surface area contributed by atoms with E-state index in [1.54, 1.807) is 0 Å². The third kappa shape index (κ3) is 3.75. The lowest BCUT2D eigenvalue weighted by Crippen LogP contribution is -2.23. The minimum absolute atomic E-state index is 0.0942. The largest absolute Gasteiger partial charge is 0.399 e. The van der Waals surface area contributed by atoms with Crippen LogP contribution in [0.1, 0.15) is 24.5 Å². The van der Waals surface area contributed by atoms with Gasteiger partial charge in [-0.05, 0) is 41.8 Å². The fourth-order valence-corrected chi connectivity index (χ4v) is 2.22. The van der Waals surface area contributed by atoms with Gasteiger partial charge >= 0.3 is 0 Å². The highest BCUT2D eigenvalue weighted by Gasteiger charge is 2.06. The van der Waals surface area contributed by atoms with Gasteiger partial charge in [-0.15, -0.1) is 0 Å². The second-order valence-electron chi connectivity index (χ2n) is 4.99. The van der Waals surface area contributed by atoms with Crippen molar-refractivity contribution in [3.05, 3.63) is 59.7 Å². The number of nitrogen functional groups attached to an aromatic ring is 1. The van der Waals surface area contributed by atoms with E-state index in [1.807, 2.05) is 24.3 Å². The van der Waals surface area contributed by atoms with E-state index in [1.165, 1.54) is 11.3 Å². The zero-order valence-corrected chi connectivity index (χ0v) is 11.9. The summed E-state index contributed by atoms with van der Waals surface area (Å²) in [6.45, 7) is 4.14. The Balaban J connectivity index is 2.13. The van der Waals surface area contributed by atoms with Crippen LogP contribution >= 0.6 is 0 Å². The number of hydrogen-bond acceptors (Lipinski definition) is 3. The summed E-state index contributed by atoms with van der Waals surface area (Å²) in [6.07, 6.45) is 1.10. The Kier molecular flexibility index (Phi) is 5.02. The van der Waals surface area contributed by atoms with Gasteiger partial charge in [0.1, 0.15) is 0 Å². The van der Waals surface area contributed by atoms with Crippen molar-refractivity contribution in [1.29, 1.82) is 0 Å². The maximum atomic E-state index is 9.08. The van der Waals surface area contributed by atoms with Crippen LogP contribution in [0, 0.1) is 0 Å². The molecule has 3 nitrogen and oxygen atoms in total. The molecule has 0 aliphatic carbocycles. The number of aliphatic hydroxyl groups is 1. The van der Waals surface area contributed by atoms with E-state index >= 15 is 0 Å². The van der Waals surface area contributed by atoms with Gasteiger partial charge < -0.3 is 15.7 Å². The van der Waals surface area contributed by atoms with Crippen LogP contribution in [-0.4, -0.2) is 11.7 Å². The Morgan fingerprint density at radius 1 is 0.950 bits per heavy atom. The summed E-state index contributed by atoms with van der Waals surface area (Å²) in [6, 6.07) is 16.1. The third-order valence-corrected chi connectivity index (χ3v) is 3.33. The second-order valence-corrected chi connectivity index (χ2v) is 4.99. The minimum atomic E-state index is 0.0942. The van der Waals surface area contributed by atoms with Crippen LogP contribution in [0.3, 0.4) is 0 Å². The molecule has 0 atom stereocenters. The van der Waals surface area contributed by atoms with Crippen LogP contribution in [0.2, 0.25) is 0 Å². The van der Waals surface area contributed by atoms with Crippen molar-refractivity contribution >= 4 is 11.4 Å². The summed E-state index contributed by atoms with van der Waals surface area (Å²) in [7, 11) is 0. The normalized spacial score (nSPS) is 10.5. The lowest BCUT2D eigenvalue weighted by atomic mass is 10.1. The van der Waals surface area contributed by atoms with Crippen LogP contribution in [0.4, 0.5) is 11.4 Å². The van der Waals surface area contributed by atoms with Crippen LogP contribution < -0.4 is 10.6 Å². The molecule has 0 amide bonds. The Morgan fingerprint density at radius 2 is 1.55 bits per heavy atom. The van der Waals surface area contributed by atoms with Gasteiger partial charge in [-0.3, -0.25) is 0 Å². The van der Waals surface area contributed by atoms with Gasteiger partial charge in [-0.25, -0.2) is 0 Å². The average Bonchev–Trinajstić information content (AvgIpc) is 2.48. The number of hydrogen-bond donors (Lipinski definition) is 2. The van der Waals surface area contributed by atoms with Crippen molar-refractivity contribution in [3.63, 3.8) is 0 Å². The standard InChI is InChI=1S/C17H22N2O/c1-2-11-19(17-9-7-16(18)8-10-17)12-14-3-5-15(13-20)6-4-14/h3-10,20H,2,11-13,18H2,1H3. The topological polar surface area (TPSA) is 49.5 Å². The SMILES string of the molecule is CCCN(Cc1ccc(CO)cc1)c1ccc(N)cc1. The summed E-state index contributed by atoms with van der Waals surface area (Å²) in [5, 5.41) is 9.08. The third-order valence-electron chi connectivity index (χ3n) is 3.33. The smallest absolute Gasteiger partial charge is 0.0681 e. The predicted octanol–water partition coefficient (Wildman–Crippen LogP) is 3.18. The van der Waals surface area contributed by atoms with E-state index in [9.17, 15) is 0 Å². The predicted molar refractivity (Wildman–Crippen MR) is 84.6 cm³/mol. The second kappa shape index (κ2) is 6.96. The van der Waals surface area contributed by atoms with Gasteiger partial charge in [0.2, 0.25) is 0 Å². The maximum absolute atomic E-state index is 9.08. The molecule has 2 rings (SSSR count). The molecular formula is C17H22N2O. The number of nitrogens with two attached hydrogens (primary N) is 1. The monoisotopic (exact) mass is 270 g/mol. The summed E-state index contributed by atoms with van der Waals surface area (Å²) >= 11 is 0. The van der Waals surface area contributed by atoms with Gasteiger partial charge in [0.25, 0.3) is 0 Å². The number of nitrogens with zero attached hydrogens (tertiary/aromatic N) is 1. The molecule has 2 aromatic carbocycles.